The van der Waals surface area contributed by atoms with Crippen molar-refractivity contribution in [3.8, 4) is 0 Å². The van der Waals surface area contributed by atoms with Gasteiger partial charge in [0.25, 0.3) is 0 Å². The second-order valence-electron chi connectivity index (χ2n) is 7.55. The maximum Gasteiger partial charge on any atom is 0.0467 e. The summed E-state index contributed by atoms with van der Waals surface area (Å²) in [5.74, 6) is 1.02. The van der Waals surface area contributed by atoms with Crippen molar-refractivity contribution in [1.82, 2.24) is 9.97 Å². The van der Waals surface area contributed by atoms with Gasteiger partial charge in [0, 0.05) is 18.3 Å². The fraction of sp³-hybridized carbons (Fsp3) is 0.320. The number of nitrogens with zero attached hydrogens (tertiary/aromatic N) is 2. The normalized spacial score (nSPS) is 17.5. The molecule has 2 aliphatic rings. The van der Waals surface area contributed by atoms with Gasteiger partial charge >= 0.3 is 141 Å². The number of H-pyrrole nitrogens is 1. The number of nitrogens with one attached hydrogen (secondary N) is 1. The fourth-order valence-corrected chi connectivity index (χ4v) is 3.95. The van der Waals surface area contributed by atoms with E-state index in [4.69, 9.17) is 5.73 Å². The minimum absolute atomic E-state index is 0.754. The zero-order valence-corrected chi connectivity index (χ0v) is 19.0. The van der Waals surface area contributed by atoms with Crippen LogP contribution in [0.5, 0.6) is 0 Å². The number of aromatic nitrogens is 2. The molecule has 3 rings (SSSR count). The van der Waals surface area contributed by atoms with Crippen LogP contribution in [-0.4, -0.2) is 19.9 Å². The Hall–Kier alpha value is -2.43. The van der Waals surface area contributed by atoms with Crippen LogP contribution in [0.25, 0.3) is 5.57 Å². The van der Waals surface area contributed by atoms with Crippen LogP contribution in [0.15, 0.2) is 71.2 Å². The van der Waals surface area contributed by atoms with Gasteiger partial charge in [0.2, 0.25) is 0 Å². The zero-order valence-electron chi connectivity index (χ0n) is 17.6. The molecule has 0 unspecified atom stereocenters. The fourth-order valence-electron chi connectivity index (χ4n) is 3.51. The molecule has 0 atom stereocenters. The van der Waals surface area contributed by atoms with Gasteiger partial charge in [-0.1, -0.05) is 12.7 Å². The molecule has 5 heteroatoms. The molecule has 0 aromatic carbocycles. The monoisotopic (exact) mass is 436 g/mol. The number of hydrogen-bond donors (Lipinski definition) is 2. The third kappa shape index (κ3) is 6.04. The van der Waals surface area contributed by atoms with Crippen LogP contribution >= 0.6 is 0 Å². The summed E-state index contributed by atoms with van der Waals surface area (Å²) in [5.41, 5.74) is 12.4. The molecule has 0 saturated heterocycles. The number of aryl methyl sites for hydroxylation is 1. The van der Waals surface area contributed by atoms with E-state index in [9.17, 15) is 0 Å². The predicted molar refractivity (Wildman–Crippen MR) is 123 cm³/mol. The number of imidazole rings is 1. The van der Waals surface area contributed by atoms with E-state index in [1.165, 1.54) is 24.8 Å². The summed E-state index contributed by atoms with van der Waals surface area (Å²) in [6.07, 6.45) is 24.6. The summed E-state index contributed by atoms with van der Waals surface area (Å²) in [7, 11) is 0. The molecule has 0 bridgehead atoms. The third-order valence-corrected chi connectivity index (χ3v) is 5.85. The van der Waals surface area contributed by atoms with Crippen LogP contribution in [0, 0.1) is 6.08 Å². The molecule has 1 aromatic rings. The Morgan fingerprint density at radius 1 is 1.30 bits per heavy atom. The molecule has 1 aliphatic heterocycles. The van der Waals surface area contributed by atoms with Crippen LogP contribution in [0.2, 0.25) is 0 Å². The van der Waals surface area contributed by atoms with E-state index in [1.54, 1.807) is 0 Å². The number of aromatic amines is 1. The molecular weight excluding hydrogens is 407 g/mol. The molecule has 2 heterocycles. The van der Waals surface area contributed by atoms with Gasteiger partial charge < -0.3 is 0 Å². The van der Waals surface area contributed by atoms with Crippen molar-refractivity contribution >= 4 is 15.5 Å². The third-order valence-electron chi connectivity index (χ3n) is 5.24. The second-order valence-corrected chi connectivity index (χ2v) is 8.30. The second kappa shape index (κ2) is 11.1. The number of rotatable bonds is 10. The summed E-state index contributed by atoms with van der Waals surface area (Å²) in [6.45, 7) is 6.05. The van der Waals surface area contributed by atoms with Crippen LogP contribution in [-0.2, 0) is 23.4 Å². The van der Waals surface area contributed by atoms with E-state index in [0.717, 1.165) is 64.0 Å². The first-order valence-corrected chi connectivity index (χ1v) is 11.2. The molecule has 0 fully saturated rings. The van der Waals surface area contributed by atoms with Crippen molar-refractivity contribution in [3.05, 3.63) is 83.8 Å². The van der Waals surface area contributed by atoms with Crippen molar-refractivity contribution in [1.29, 1.82) is 0 Å². The number of allylic oxidation sites excluding steroid dienone is 9. The first-order valence-electron chi connectivity index (χ1n) is 10.5. The van der Waals surface area contributed by atoms with Crippen molar-refractivity contribution in [2.45, 2.75) is 51.9 Å². The average molecular weight is 436 g/mol. The Kier molecular flexibility index (Phi) is 8.24. The minimum atomic E-state index is 0.754. The van der Waals surface area contributed by atoms with E-state index >= 15 is 0 Å². The van der Waals surface area contributed by atoms with Crippen molar-refractivity contribution in [3.63, 3.8) is 0 Å². The smallest absolute Gasteiger partial charge is 0.0467 e. The molecule has 0 spiro atoms. The van der Waals surface area contributed by atoms with Gasteiger partial charge in [-0.25, -0.2) is 0 Å². The SMILES string of the molecule is C=C(CCCCCCc1ncc(C2=C/C(=C/C=[C-]C)[C](=[V])C=C2N)[nH]1)C1=NC=CC1. The first kappa shape index (κ1) is 22.3. The number of hydrogen-bond acceptors (Lipinski definition) is 3. The Bertz CT molecular complexity index is 983. The summed E-state index contributed by atoms with van der Waals surface area (Å²) >= 11 is 2.57. The van der Waals surface area contributed by atoms with Crippen LogP contribution < -0.4 is 5.73 Å². The number of unbranched alkanes of at least 4 members (excludes halogenated alkanes) is 3. The molecule has 1 aliphatic carbocycles. The van der Waals surface area contributed by atoms with Gasteiger partial charge in [-0.3, -0.25) is 4.99 Å². The molecular formula is C25H29N4V-. The maximum absolute atomic E-state index is 6.27. The minimum Gasteiger partial charge on any atom is -0.261 e. The molecule has 3 N–H and O–H groups in total. The molecule has 0 amide bonds. The van der Waals surface area contributed by atoms with Gasteiger partial charge in [0.15, 0.2) is 0 Å². The van der Waals surface area contributed by atoms with Crippen molar-refractivity contribution < 1.29 is 17.0 Å². The summed E-state index contributed by atoms with van der Waals surface area (Å²) in [5, 5.41) is 0. The molecule has 30 heavy (non-hydrogen) atoms. The maximum atomic E-state index is 6.27. The van der Waals surface area contributed by atoms with E-state index in [1.807, 2.05) is 37.5 Å². The number of aliphatic imine (C=N–C) groups is 1. The predicted octanol–water partition coefficient (Wildman–Crippen LogP) is 5.08. The Balaban J connectivity index is 1.46. The van der Waals surface area contributed by atoms with E-state index in [2.05, 4.69) is 56.7 Å². The Morgan fingerprint density at radius 2 is 2.13 bits per heavy atom. The van der Waals surface area contributed by atoms with Gasteiger partial charge in [-0.2, -0.15) is 0 Å². The first-order chi connectivity index (χ1) is 14.6. The van der Waals surface area contributed by atoms with E-state index in [-0.39, 0.29) is 0 Å². The average Bonchev–Trinajstić information content (AvgIpc) is 3.42. The van der Waals surface area contributed by atoms with Crippen LogP contribution in [0.4, 0.5) is 0 Å². The molecule has 4 nitrogen and oxygen atoms in total. The topological polar surface area (TPSA) is 67.1 Å². The zero-order chi connectivity index (χ0) is 21.3. The van der Waals surface area contributed by atoms with Crippen molar-refractivity contribution in [2.75, 3.05) is 0 Å². The van der Waals surface area contributed by atoms with Crippen molar-refractivity contribution in [2.24, 2.45) is 10.7 Å². The van der Waals surface area contributed by atoms with Gasteiger partial charge in [-0.15, -0.1) is 0 Å². The summed E-state index contributed by atoms with van der Waals surface area (Å²) < 4.78 is 1.09. The largest absolute Gasteiger partial charge is 0.261 e. The standard InChI is InChI=1S/C25H29N4.V/c1-3-4-11-20-14-15-22(26)21(17-20)24-18-28-25(29-24)13-8-6-5-7-10-19(2)23-12-9-16-27-23;/h4,9,11,15-18H,2,5-8,10,12-13,26H2,1H3,(H,28,29);/q-1;/b20-11+;. The molecule has 0 radical (unpaired) electrons. The van der Waals surface area contributed by atoms with E-state index in [0.29, 0.717) is 0 Å². The van der Waals surface area contributed by atoms with Crippen LogP contribution in [0.1, 0.15) is 57.0 Å². The quantitative estimate of drug-likeness (QED) is 0.397. The van der Waals surface area contributed by atoms with E-state index < -0.39 is 0 Å². The van der Waals surface area contributed by atoms with Gasteiger partial charge in [-0.05, 0) is 12.0 Å². The molecule has 155 valence electrons. The summed E-state index contributed by atoms with van der Waals surface area (Å²) in [4.78, 5) is 12.4. The van der Waals surface area contributed by atoms with Gasteiger partial charge in [0.05, 0.1) is 0 Å². The summed E-state index contributed by atoms with van der Waals surface area (Å²) in [6, 6.07) is 0. The van der Waals surface area contributed by atoms with Gasteiger partial charge in [0.1, 0.15) is 0 Å². The Morgan fingerprint density at radius 3 is 2.90 bits per heavy atom. The molecule has 1 aromatic heterocycles. The van der Waals surface area contributed by atoms with Crippen LogP contribution in [0.3, 0.4) is 0 Å². The number of nitrogens with two attached hydrogens (primary N) is 1. The molecule has 0 saturated carbocycles. The Labute approximate surface area is 188 Å².